The number of ketones is 1. The summed E-state index contributed by atoms with van der Waals surface area (Å²) < 4.78 is 27.4. The summed E-state index contributed by atoms with van der Waals surface area (Å²) in [6.07, 6.45) is 0. The maximum atomic E-state index is 13.5. The van der Waals surface area contributed by atoms with E-state index < -0.39 is 23.0 Å². The summed E-state index contributed by atoms with van der Waals surface area (Å²) in [4.78, 5) is 12.1. The third-order valence-corrected chi connectivity index (χ3v) is 3.29. The van der Waals surface area contributed by atoms with Crippen LogP contribution >= 0.6 is 27.5 Å². The average Bonchev–Trinajstić information content (AvgIpc) is 2.32. The molecule has 2 aromatic rings. The highest BCUT2D eigenvalue weighted by Crippen LogP contribution is 2.25. The molecule has 0 saturated heterocycles. The molecule has 0 heterocycles. The van der Waals surface area contributed by atoms with Gasteiger partial charge in [-0.2, -0.15) is 0 Å². The third kappa shape index (κ3) is 2.44. The minimum Gasteiger partial charge on any atom is -0.288 e. The molecule has 0 aliphatic heterocycles. The number of halogens is 4. The first-order chi connectivity index (χ1) is 8.50. The van der Waals surface area contributed by atoms with Crippen molar-refractivity contribution in [2.75, 3.05) is 0 Å². The van der Waals surface area contributed by atoms with Crippen molar-refractivity contribution in [1.82, 2.24) is 0 Å². The third-order valence-electron chi connectivity index (χ3n) is 2.36. The highest BCUT2D eigenvalue weighted by molar-refractivity contribution is 9.10. The quantitative estimate of drug-likeness (QED) is 0.734. The molecule has 1 nitrogen and oxygen atoms in total. The fraction of sp³-hybridized carbons (Fsp3) is 0. The van der Waals surface area contributed by atoms with Crippen LogP contribution in [-0.2, 0) is 0 Å². The Morgan fingerprint density at radius 2 is 1.72 bits per heavy atom. The number of hydrogen-bond acceptors (Lipinski definition) is 1. The van der Waals surface area contributed by atoms with Crippen LogP contribution in [0.1, 0.15) is 15.9 Å². The van der Waals surface area contributed by atoms with Crippen molar-refractivity contribution >= 4 is 33.3 Å². The van der Waals surface area contributed by atoms with Crippen LogP contribution in [0, 0.1) is 11.6 Å². The van der Waals surface area contributed by atoms with Crippen LogP contribution in [0.2, 0.25) is 5.02 Å². The second-order valence-corrected chi connectivity index (χ2v) is 4.84. The molecular formula is C13H6BrClF2O. The molecule has 0 radical (unpaired) electrons. The minimum absolute atomic E-state index is 0.117. The summed E-state index contributed by atoms with van der Waals surface area (Å²) in [6.45, 7) is 0. The van der Waals surface area contributed by atoms with E-state index >= 15 is 0 Å². The van der Waals surface area contributed by atoms with E-state index in [-0.39, 0.29) is 5.56 Å². The van der Waals surface area contributed by atoms with Crippen LogP contribution in [-0.4, -0.2) is 5.78 Å². The summed E-state index contributed by atoms with van der Waals surface area (Å²) in [5.41, 5.74) is -0.466. The van der Waals surface area contributed by atoms with Crippen LogP contribution in [0.5, 0.6) is 0 Å². The molecule has 5 heteroatoms. The Labute approximate surface area is 116 Å². The van der Waals surface area contributed by atoms with E-state index in [1.807, 2.05) is 0 Å². The average molecular weight is 332 g/mol. The zero-order chi connectivity index (χ0) is 13.3. The molecule has 92 valence electrons. The van der Waals surface area contributed by atoms with Gasteiger partial charge >= 0.3 is 0 Å². The Morgan fingerprint density at radius 3 is 2.33 bits per heavy atom. The van der Waals surface area contributed by atoms with Gasteiger partial charge in [0.1, 0.15) is 11.6 Å². The molecule has 2 rings (SSSR count). The molecule has 0 atom stereocenters. The number of hydrogen-bond donors (Lipinski definition) is 0. The second-order valence-electron chi connectivity index (χ2n) is 3.55. The largest absolute Gasteiger partial charge is 0.288 e. The van der Waals surface area contributed by atoms with E-state index in [4.69, 9.17) is 11.6 Å². The number of carbonyl (C=O) groups excluding carboxylic acids is 1. The molecule has 0 spiro atoms. The monoisotopic (exact) mass is 330 g/mol. The Kier molecular flexibility index (Phi) is 3.78. The molecule has 0 unspecified atom stereocenters. The van der Waals surface area contributed by atoms with E-state index in [0.29, 0.717) is 9.50 Å². The van der Waals surface area contributed by atoms with E-state index in [2.05, 4.69) is 15.9 Å². The van der Waals surface area contributed by atoms with Crippen LogP contribution < -0.4 is 0 Å². The first kappa shape index (κ1) is 13.2. The Balaban J connectivity index is 2.58. The van der Waals surface area contributed by atoms with Gasteiger partial charge in [0, 0.05) is 15.1 Å². The molecular weight excluding hydrogens is 325 g/mol. The number of benzene rings is 2. The number of rotatable bonds is 2. The van der Waals surface area contributed by atoms with Gasteiger partial charge in [0.2, 0.25) is 0 Å². The Morgan fingerprint density at radius 1 is 1.11 bits per heavy atom. The smallest absolute Gasteiger partial charge is 0.200 e. The Hall–Kier alpha value is -1.26. The molecule has 0 fully saturated rings. The van der Waals surface area contributed by atoms with Crippen LogP contribution in [0.15, 0.2) is 40.9 Å². The molecule has 0 saturated carbocycles. The fourth-order valence-electron chi connectivity index (χ4n) is 1.52. The van der Waals surface area contributed by atoms with Gasteiger partial charge in [-0.15, -0.1) is 0 Å². The van der Waals surface area contributed by atoms with Gasteiger partial charge < -0.3 is 0 Å². The maximum Gasteiger partial charge on any atom is 0.200 e. The zero-order valence-corrected chi connectivity index (χ0v) is 11.2. The molecule has 0 bridgehead atoms. The summed E-state index contributed by atoms with van der Waals surface area (Å²) >= 11 is 8.92. The SMILES string of the molecule is O=C(c1cc(Cl)ccc1Br)c1c(F)cccc1F. The highest BCUT2D eigenvalue weighted by atomic mass is 79.9. The molecule has 0 amide bonds. The molecule has 0 N–H and O–H groups in total. The summed E-state index contributed by atoms with van der Waals surface area (Å²) in [7, 11) is 0. The van der Waals surface area contributed by atoms with E-state index in [1.165, 1.54) is 12.1 Å². The predicted octanol–water partition coefficient (Wildman–Crippen LogP) is 4.61. The van der Waals surface area contributed by atoms with E-state index in [9.17, 15) is 13.6 Å². The lowest BCUT2D eigenvalue weighted by Crippen LogP contribution is -2.08. The topological polar surface area (TPSA) is 17.1 Å². The van der Waals surface area contributed by atoms with Crippen LogP contribution in [0.25, 0.3) is 0 Å². The molecule has 0 aliphatic carbocycles. The van der Waals surface area contributed by atoms with Crippen molar-refractivity contribution in [2.45, 2.75) is 0 Å². The van der Waals surface area contributed by atoms with Gasteiger partial charge in [0.25, 0.3) is 0 Å². The van der Waals surface area contributed by atoms with E-state index in [0.717, 1.165) is 12.1 Å². The van der Waals surface area contributed by atoms with Crippen LogP contribution in [0.3, 0.4) is 0 Å². The van der Waals surface area contributed by atoms with Crippen LogP contribution in [0.4, 0.5) is 8.78 Å². The first-order valence-electron chi connectivity index (χ1n) is 4.94. The predicted molar refractivity (Wildman–Crippen MR) is 68.9 cm³/mol. The zero-order valence-electron chi connectivity index (χ0n) is 8.88. The molecule has 18 heavy (non-hydrogen) atoms. The lowest BCUT2D eigenvalue weighted by atomic mass is 10.0. The van der Waals surface area contributed by atoms with Crippen molar-refractivity contribution in [3.8, 4) is 0 Å². The molecule has 0 aromatic heterocycles. The van der Waals surface area contributed by atoms with Gasteiger partial charge in [-0.3, -0.25) is 4.79 Å². The highest BCUT2D eigenvalue weighted by Gasteiger charge is 2.20. The van der Waals surface area contributed by atoms with Gasteiger partial charge in [-0.1, -0.05) is 33.6 Å². The first-order valence-corrected chi connectivity index (χ1v) is 6.11. The lowest BCUT2D eigenvalue weighted by molar-refractivity contribution is 0.103. The van der Waals surface area contributed by atoms with Gasteiger partial charge in [-0.25, -0.2) is 8.78 Å². The Bertz CT molecular complexity index is 608. The van der Waals surface area contributed by atoms with Crippen molar-refractivity contribution in [3.63, 3.8) is 0 Å². The summed E-state index contributed by atoms with van der Waals surface area (Å²) in [6, 6.07) is 7.76. The van der Waals surface area contributed by atoms with Gasteiger partial charge in [0.15, 0.2) is 5.78 Å². The van der Waals surface area contributed by atoms with Crippen molar-refractivity contribution in [3.05, 3.63) is 68.7 Å². The minimum atomic E-state index is -0.896. The van der Waals surface area contributed by atoms with E-state index in [1.54, 1.807) is 12.1 Å². The maximum absolute atomic E-state index is 13.5. The standard InChI is InChI=1S/C13H6BrClF2O/c14-9-5-4-7(15)6-8(9)13(18)12-10(16)2-1-3-11(12)17/h1-6H. The lowest BCUT2D eigenvalue weighted by Gasteiger charge is -2.06. The molecule has 0 aliphatic rings. The van der Waals surface area contributed by atoms with Crippen molar-refractivity contribution < 1.29 is 13.6 Å². The second kappa shape index (κ2) is 5.16. The fourth-order valence-corrected chi connectivity index (χ4v) is 2.12. The molecule has 2 aromatic carbocycles. The number of carbonyl (C=O) groups is 1. The summed E-state index contributed by atoms with van der Waals surface area (Å²) in [5.74, 6) is -2.54. The normalized spacial score (nSPS) is 10.4. The van der Waals surface area contributed by atoms with Gasteiger partial charge in [-0.05, 0) is 30.3 Å². The van der Waals surface area contributed by atoms with Crippen molar-refractivity contribution in [1.29, 1.82) is 0 Å². The van der Waals surface area contributed by atoms with Crippen molar-refractivity contribution in [2.24, 2.45) is 0 Å². The summed E-state index contributed by atoms with van der Waals surface area (Å²) in [5, 5.41) is 0.318. The van der Waals surface area contributed by atoms with Gasteiger partial charge in [0.05, 0.1) is 5.56 Å².